The summed E-state index contributed by atoms with van der Waals surface area (Å²) in [7, 11) is 1.56. The van der Waals surface area contributed by atoms with Crippen LogP contribution in [0.3, 0.4) is 0 Å². The van der Waals surface area contributed by atoms with E-state index in [0.29, 0.717) is 24.5 Å². The number of hydrogen-bond acceptors (Lipinski definition) is 6. The Morgan fingerprint density at radius 2 is 1.89 bits per heavy atom. The monoisotopic (exact) mass is 265 g/mol. The van der Waals surface area contributed by atoms with E-state index in [0.717, 1.165) is 25.9 Å². The van der Waals surface area contributed by atoms with Crippen molar-refractivity contribution in [2.24, 2.45) is 0 Å². The molecule has 0 saturated carbocycles. The Morgan fingerprint density at radius 1 is 1.21 bits per heavy atom. The summed E-state index contributed by atoms with van der Waals surface area (Å²) < 4.78 is 5.13. The fraction of sp³-hybridized carbons (Fsp3) is 0.615. The van der Waals surface area contributed by atoms with Gasteiger partial charge in [0.25, 0.3) is 0 Å². The molecule has 0 fully saturated rings. The number of aromatic nitrogens is 3. The van der Waals surface area contributed by atoms with Crippen molar-refractivity contribution >= 4 is 11.9 Å². The maximum absolute atomic E-state index is 5.13. The molecule has 0 unspecified atom stereocenters. The molecule has 0 bridgehead atoms. The minimum Gasteiger partial charge on any atom is -0.467 e. The maximum atomic E-state index is 5.13. The molecular weight excluding hydrogens is 242 g/mol. The van der Waals surface area contributed by atoms with Crippen molar-refractivity contribution < 1.29 is 4.74 Å². The third-order valence-electron chi connectivity index (χ3n) is 2.46. The van der Waals surface area contributed by atoms with E-state index in [1.165, 1.54) is 0 Å². The topological polar surface area (TPSA) is 63.2 Å². The van der Waals surface area contributed by atoms with E-state index in [1.807, 2.05) is 0 Å². The molecule has 0 spiro atoms. The van der Waals surface area contributed by atoms with Gasteiger partial charge in [0.05, 0.1) is 7.11 Å². The van der Waals surface area contributed by atoms with Crippen molar-refractivity contribution in [3.8, 4) is 6.01 Å². The zero-order valence-electron chi connectivity index (χ0n) is 12.0. The van der Waals surface area contributed by atoms with Crippen LogP contribution in [0, 0.1) is 0 Å². The van der Waals surface area contributed by atoms with Gasteiger partial charge in [-0.05, 0) is 12.8 Å². The SMILES string of the molecule is C=CCNc1nc(OC)nc(N(CCC)CCC)n1. The van der Waals surface area contributed by atoms with Gasteiger partial charge in [0.1, 0.15) is 0 Å². The Balaban J connectivity index is 2.98. The van der Waals surface area contributed by atoms with Crippen LogP contribution in [0.15, 0.2) is 12.7 Å². The molecule has 0 saturated heterocycles. The number of nitrogens with one attached hydrogen (secondary N) is 1. The molecule has 0 aliphatic rings. The molecule has 1 rings (SSSR count). The first-order valence-corrected chi connectivity index (χ1v) is 6.64. The van der Waals surface area contributed by atoms with Crippen LogP contribution >= 0.6 is 0 Å². The molecule has 0 radical (unpaired) electrons. The Labute approximate surface area is 114 Å². The van der Waals surface area contributed by atoms with E-state index in [1.54, 1.807) is 13.2 Å². The van der Waals surface area contributed by atoms with Gasteiger partial charge in [0.15, 0.2) is 0 Å². The molecule has 19 heavy (non-hydrogen) atoms. The molecule has 106 valence electrons. The molecular formula is C13H23N5O. The Kier molecular flexibility index (Phi) is 6.63. The molecule has 0 amide bonds. The van der Waals surface area contributed by atoms with E-state index in [2.05, 4.69) is 45.6 Å². The second-order valence-corrected chi connectivity index (χ2v) is 4.10. The van der Waals surface area contributed by atoms with E-state index >= 15 is 0 Å². The van der Waals surface area contributed by atoms with E-state index in [-0.39, 0.29) is 0 Å². The van der Waals surface area contributed by atoms with Gasteiger partial charge < -0.3 is 15.0 Å². The van der Waals surface area contributed by atoms with Crippen LogP contribution < -0.4 is 15.0 Å². The van der Waals surface area contributed by atoms with Gasteiger partial charge in [-0.25, -0.2) is 0 Å². The van der Waals surface area contributed by atoms with Gasteiger partial charge in [-0.3, -0.25) is 0 Å². The minimum absolute atomic E-state index is 0.328. The van der Waals surface area contributed by atoms with Crippen LogP contribution in [0.1, 0.15) is 26.7 Å². The zero-order chi connectivity index (χ0) is 14.1. The van der Waals surface area contributed by atoms with Crippen molar-refractivity contribution in [3.05, 3.63) is 12.7 Å². The lowest BCUT2D eigenvalue weighted by Crippen LogP contribution is -2.27. The van der Waals surface area contributed by atoms with Gasteiger partial charge >= 0.3 is 6.01 Å². The number of ether oxygens (including phenoxy) is 1. The Bertz CT molecular complexity index is 391. The standard InChI is InChI=1S/C13H23N5O/c1-5-8-14-11-15-12(17-13(16-11)19-4)18(9-6-2)10-7-3/h5H,1,6-10H2,2-4H3,(H,14,15,16,17). The van der Waals surface area contributed by atoms with Gasteiger partial charge in [0, 0.05) is 19.6 Å². The van der Waals surface area contributed by atoms with Gasteiger partial charge in [-0.1, -0.05) is 19.9 Å². The predicted molar refractivity (Wildman–Crippen MR) is 77.9 cm³/mol. The van der Waals surface area contributed by atoms with Crippen LogP contribution in [-0.2, 0) is 0 Å². The van der Waals surface area contributed by atoms with Crippen molar-refractivity contribution in [1.29, 1.82) is 0 Å². The van der Waals surface area contributed by atoms with E-state index in [9.17, 15) is 0 Å². The minimum atomic E-state index is 0.328. The lowest BCUT2D eigenvalue weighted by Gasteiger charge is -2.21. The lowest BCUT2D eigenvalue weighted by molar-refractivity contribution is 0.378. The second kappa shape index (κ2) is 8.29. The van der Waals surface area contributed by atoms with Gasteiger partial charge in [0.2, 0.25) is 11.9 Å². The highest BCUT2D eigenvalue weighted by molar-refractivity contribution is 5.38. The average molecular weight is 265 g/mol. The Morgan fingerprint density at radius 3 is 2.42 bits per heavy atom. The molecule has 0 aromatic carbocycles. The summed E-state index contributed by atoms with van der Waals surface area (Å²) in [5.74, 6) is 1.17. The molecule has 1 aromatic heterocycles. The highest BCUT2D eigenvalue weighted by atomic mass is 16.5. The first-order valence-electron chi connectivity index (χ1n) is 6.64. The lowest BCUT2D eigenvalue weighted by atomic mass is 10.4. The largest absolute Gasteiger partial charge is 0.467 e. The number of nitrogens with zero attached hydrogens (tertiary/aromatic N) is 4. The highest BCUT2D eigenvalue weighted by Gasteiger charge is 2.12. The second-order valence-electron chi connectivity index (χ2n) is 4.10. The van der Waals surface area contributed by atoms with Crippen molar-refractivity contribution in [2.75, 3.05) is 37.0 Å². The number of anilines is 2. The van der Waals surface area contributed by atoms with Crippen LogP contribution in [0.25, 0.3) is 0 Å². The van der Waals surface area contributed by atoms with Crippen molar-refractivity contribution in [2.45, 2.75) is 26.7 Å². The molecule has 0 aliphatic heterocycles. The summed E-state index contributed by atoms with van der Waals surface area (Å²) in [6, 6.07) is 0.328. The first-order chi connectivity index (χ1) is 9.24. The van der Waals surface area contributed by atoms with Gasteiger partial charge in [-0.15, -0.1) is 6.58 Å². The van der Waals surface area contributed by atoms with Crippen molar-refractivity contribution in [1.82, 2.24) is 15.0 Å². The molecule has 1 N–H and O–H groups in total. The number of methoxy groups -OCH3 is 1. The van der Waals surface area contributed by atoms with Crippen LogP contribution in [0.4, 0.5) is 11.9 Å². The number of rotatable bonds is 9. The molecule has 0 aliphatic carbocycles. The predicted octanol–water partition coefficient (Wildman–Crippen LogP) is 2.10. The summed E-state index contributed by atoms with van der Waals surface area (Å²) in [6.07, 6.45) is 3.85. The summed E-state index contributed by atoms with van der Waals surface area (Å²) in [6.45, 7) is 10.4. The third-order valence-corrected chi connectivity index (χ3v) is 2.46. The molecule has 1 aromatic rings. The van der Waals surface area contributed by atoms with Gasteiger partial charge in [-0.2, -0.15) is 15.0 Å². The Hall–Kier alpha value is -1.85. The third kappa shape index (κ3) is 4.73. The average Bonchev–Trinajstić information content (AvgIpc) is 2.44. The molecule has 6 nitrogen and oxygen atoms in total. The zero-order valence-corrected chi connectivity index (χ0v) is 12.0. The summed E-state index contributed by atoms with van der Waals surface area (Å²) >= 11 is 0. The maximum Gasteiger partial charge on any atom is 0.322 e. The van der Waals surface area contributed by atoms with E-state index in [4.69, 9.17) is 4.74 Å². The number of hydrogen-bond donors (Lipinski definition) is 1. The van der Waals surface area contributed by atoms with E-state index < -0.39 is 0 Å². The quantitative estimate of drug-likeness (QED) is 0.690. The normalized spacial score (nSPS) is 10.1. The fourth-order valence-corrected chi connectivity index (χ4v) is 1.67. The summed E-state index contributed by atoms with van der Waals surface area (Å²) in [5, 5.41) is 3.06. The molecule has 0 atom stereocenters. The summed E-state index contributed by atoms with van der Waals surface area (Å²) in [4.78, 5) is 15.0. The van der Waals surface area contributed by atoms with Crippen LogP contribution in [0.5, 0.6) is 6.01 Å². The smallest absolute Gasteiger partial charge is 0.322 e. The first kappa shape index (κ1) is 15.2. The molecule has 6 heteroatoms. The van der Waals surface area contributed by atoms with Crippen LogP contribution in [-0.4, -0.2) is 41.7 Å². The highest BCUT2D eigenvalue weighted by Crippen LogP contribution is 2.15. The summed E-state index contributed by atoms with van der Waals surface area (Å²) in [5.41, 5.74) is 0. The molecule has 1 heterocycles. The van der Waals surface area contributed by atoms with Crippen molar-refractivity contribution in [3.63, 3.8) is 0 Å². The van der Waals surface area contributed by atoms with Crippen LogP contribution in [0.2, 0.25) is 0 Å². The fourth-order valence-electron chi connectivity index (χ4n) is 1.67.